The largest absolute Gasteiger partial charge is 0.493 e. The van der Waals surface area contributed by atoms with Crippen LogP contribution in [0.3, 0.4) is 0 Å². The van der Waals surface area contributed by atoms with E-state index in [2.05, 4.69) is 54.4 Å². The summed E-state index contributed by atoms with van der Waals surface area (Å²) in [5.74, 6) is 2.58. The molecule has 0 N–H and O–H groups in total. The highest BCUT2D eigenvalue weighted by molar-refractivity contribution is 5.61. The van der Waals surface area contributed by atoms with Crippen molar-refractivity contribution in [1.82, 2.24) is 4.90 Å². The maximum Gasteiger partial charge on any atom is 0.165 e. The summed E-state index contributed by atoms with van der Waals surface area (Å²) in [5, 5.41) is 0. The summed E-state index contributed by atoms with van der Waals surface area (Å²) >= 11 is 0. The predicted octanol–water partition coefficient (Wildman–Crippen LogP) is 4.77. The molecule has 174 valence electrons. The third-order valence-electron chi connectivity index (χ3n) is 9.93. The quantitative estimate of drug-likeness (QED) is 0.599. The highest BCUT2D eigenvalue weighted by Crippen LogP contribution is 2.69. The second-order valence-electron chi connectivity index (χ2n) is 11.3. The first-order valence-electron chi connectivity index (χ1n) is 12.9. The zero-order chi connectivity index (χ0) is 22.2. The Morgan fingerprint density at radius 1 is 1.09 bits per heavy atom. The number of likely N-dealkylation sites (N-methyl/N-ethyl adjacent to an activating group) is 1. The molecule has 0 radical (unpaired) electrons. The Balaban J connectivity index is 1.20. The third-order valence-corrected chi connectivity index (χ3v) is 9.93. The Hall–Kier alpha value is -2.04. The molecule has 2 aliphatic carbocycles. The van der Waals surface area contributed by atoms with Gasteiger partial charge in [0.15, 0.2) is 11.5 Å². The number of ether oxygens (including phenoxy) is 3. The monoisotopic (exact) mass is 445 g/mol. The van der Waals surface area contributed by atoms with Crippen LogP contribution < -0.4 is 9.47 Å². The van der Waals surface area contributed by atoms with Crippen molar-refractivity contribution in [2.45, 2.75) is 68.6 Å². The predicted molar refractivity (Wildman–Crippen MR) is 128 cm³/mol. The molecule has 2 aromatic rings. The van der Waals surface area contributed by atoms with Gasteiger partial charge in [0.05, 0.1) is 13.7 Å². The average Bonchev–Trinajstić information content (AvgIpc) is 3.15. The van der Waals surface area contributed by atoms with Gasteiger partial charge in [-0.2, -0.15) is 0 Å². The fraction of sp³-hybridized carbons (Fsp3) is 0.586. The minimum Gasteiger partial charge on any atom is -0.493 e. The molecule has 3 fully saturated rings. The zero-order valence-electron chi connectivity index (χ0n) is 19.9. The Kier molecular flexibility index (Phi) is 4.46. The molecule has 7 rings (SSSR count). The van der Waals surface area contributed by atoms with E-state index in [1.807, 2.05) is 0 Å². The summed E-state index contributed by atoms with van der Waals surface area (Å²) in [4.78, 5) is 2.64. The average molecular weight is 446 g/mol. The first-order chi connectivity index (χ1) is 16.2. The lowest BCUT2D eigenvalue weighted by atomic mass is 9.45. The Morgan fingerprint density at radius 3 is 2.76 bits per heavy atom. The van der Waals surface area contributed by atoms with Gasteiger partial charge in [0.2, 0.25) is 0 Å². The number of aryl methyl sites for hydroxylation is 1. The van der Waals surface area contributed by atoms with Crippen molar-refractivity contribution in [3.05, 3.63) is 59.2 Å². The molecule has 4 heteroatoms. The number of unbranched alkanes of at least 4 members (excludes halogenated alkanes) is 1. The van der Waals surface area contributed by atoms with E-state index in [9.17, 15) is 0 Å². The molecule has 1 saturated carbocycles. The summed E-state index contributed by atoms with van der Waals surface area (Å²) in [7, 11) is 4.11. The maximum atomic E-state index is 6.90. The fourth-order valence-electron chi connectivity index (χ4n) is 8.34. The number of methoxy groups -OCH3 is 1. The molecule has 1 spiro atoms. The van der Waals surface area contributed by atoms with Crippen molar-refractivity contribution < 1.29 is 14.2 Å². The van der Waals surface area contributed by atoms with Gasteiger partial charge in [-0.05, 0) is 75.2 Å². The number of likely N-dealkylation sites (tertiary alicyclic amines) is 1. The second-order valence-corrected chi connectivity index (χ2v) is 11.3. The summed E-state index contributed by atoms with van der Waals surface area (Å²) in [5.41, 5.74) is 4.80. The lowest BCUT2D eigenvalue weighted by Crippen LogP contribution is -2.74. The van der Waals surface area contributed by atoms with E-state index in [1.165, 1.54) is 55.2 Å². The first kappa shape index (κ1) is 20.3. The van der Waals surface area contributed by atoms with E-state index in [0.717, 1.165) is 31.1 Å². The molecule has 2 saturated heterocycles. The first-order valence-corrected chi connectivity index (χ1v) is 12.9. The van der Waals surface area contributed by atoms with Gasteiger partial charge in [0.25, 0.3) is 0 Å². The molecule has 0 aromatic heterocycles. The Labute approximate surface area is 197 Å². The van der Waals surface area contributed by atoms with Gasteiger partial charge in [-0.25, -0.2) is 0 Å². The fourth-order valence-corrected chi connectivity index (χ4v) is 8.34. The standard InChI is InChI=1S/C29H35NO3/c1-30-15-14-29-21-17-28(13-7-6-10-19-8-4-3-5-9-19)18-32-26(28)27(29)33-25-23(31-2)12-11-20(24(25)29)16-22(21)30/h3-5,8-9,11-12,21-22,26-27H,6-7,10,13-18H2,1-2H3/t21?,22?,26-,27?,28-,29?/m1/s1. The van der Waals surface area contributed by atoms with Crippen LogP contribution >= 0.6 is 0 Å². The van der Waals surface area contributed by atoms with Gasteiger partial charge >= 0.3 is 0 Å². The van der Waals surface area contributed by atoms with Crippen molar-refractivity contribution in [2.24, 2.45) is 11.3 Å². The van der Waals surface area contributed by atoms with Crippen molar-refractivity contribution in [1.29, 1.82) is 0 Å². The molecule has 2 bridgehead atoms. The summed E-state index contributed by atoms with van der Waals surface area (Å²) < 4.78 is 19.1. The van der Waals surface area contributed by atoms with E-state index in [1.54, 1.807) is 7.11 Å². The number of hydrogen-bond donors (Lipinski definition) is 0. The van der Waals surface area contributed by atoms with Crippen LogP contribution in [0.1, 0.15) is 48.8 Å². The van der Waals surface area contributed by atoms with Gasteiger partial charge in [-0.15, -0.1) is 0 Å². The highest BCUT2D eigenvalue weighted by Gasteiger charge is 2.73. The Bertz CT molecular complexity index is 1070. The Morgan fingerprint density at radius 2 is 1.97 bits per heavy atom. The minimum atomic E-state index is 0.104. The van der Waals surface area contributed by atoms with Crippen LogP contribution in [0.5, 0.6) is 11.5 Å². The zero-order valence-corrected chi connectivity index (χ0v) is 19.9. The highest BCUT2D eigenvalue weighted by atomic mass is 16.6. The van der Waals surface area contributed by atoms with Crippen LogP contribution in [0.4, 0.5) is 0 Å². The lowest BCUT2D eigenvalue weighted by molar-refractivity contribution is -0.279. The smallest absolute Gasteiger partial charge is 0.165 e. The van der Waals surface area contributed by atoms with Crippen LogP contribution in [0, 0.1) is 11.3 Å². The van der Waals surface area contributed by atoms with E-state index >= 15 is 0 Å². The molecule has 33 heavy (non-hydrogen) atoms. The van der Waals surface area contributed by atoms with Crippen molar-refractivity contribution in [2.75, 3.05) is 27.3 Å². The van der Waals surface area contributed by atoms with E-state index < -0.39 is 0 Å². The van der Waals surface area contributed by atoms with Gasteiger partial charge < -0.3 is 19.1 Å². The van der Waals surface area contributed by atoms with E-state index in [-0.39, 0.29) is 23.0 Å². The van der Waals surface area contributed by atoms with Crippen LogP contribution in [0.15, 0.2) is 42.5 Å². The number of fused-ring (bicyclic) bond motifs is 2. The molecular formula is C29H35NO3. The van der Waals surface area contributed by atoms with Crippen molar-refractivity contribution >= 4 is 0 Å². The third kappa shape index (κ3) is 2.65. The topological polar surface area (TPSA) is 30.9 Å². The molecule has 4 unspecified atom stereocenters. The molecule has 3 heterocycles. The van der Waals surface area contributed by atoms with Gasteiger partial charge in [-0.3, -0.25) is 0 Å². The van der Waals surface area contributed by atoms with Crippen LogP contribution in [-0.2, 0) is 23.0 Å². The SMILES string of the molecule is COc1ccc2c3c1OC1[C@H]4OC[C@@]4(CCCCc4ccccc4)CC4C(C2)N(C)CCC341. The van der Waals surface area contributed by atoms with Crippen LogP contribution in [0.2, 0.25) is 0 Å². The normalized spacial score (nSPS) is 37.5. The van der Waals surface area contributed by atoms with E-state index in [4.69, 9.17) is 14.2 Å². The molecule has 2 aromatic carbocycles. The molecular weight excluding hydrogens is 410 g/mol. The molecule has 3 aliphatic heterocycles. The molecule has 4 nitrogen and oxygen atoms in total. The van der Waals surface area contributed by atoms with E-state index in [0.29, 0.717) is 12.0 Å². The molecule has 0 amide bonds. The molecule has 6 atom stereocenters. The van der Waals surface area contributed by atoms with Gasteiger partial charge in [0, 0.05) is 22.4 Å². The van der Waals surface area contributed by atoms with Crippen molar-refractivity contribution in [3.8, 4) is 11.5 Å². The van der Waals surface area contributed by atoms with Gasteiger partial charge in [-0.1, -0.05) is 42.8 Å². The number of benzene rings is 2. The van der Waals surface area contributed by atoms with Crippen LogP contribution in [-0.4, -0.2) is 50.5 Å². The number of piperidine rings is 1. The number of rotatable bonds is 6. The minimum absolute atomic E-state index is 0.104. The number of nitrogens with zero attached hydrogens (tertiary/aromatic N) is 1. The summed E-state index contributed by atoms with van der Waals surface area (Å²) in [6.45, 7) is 2.06. The summed E-state index contributed by atoms with van der Waals surface area (Å²) in [6, 6.07) is 16.0. The maximum absolute atomic E-state index is 6.90. The molecule has 5 aliphatic rings. The lowest BCUT2D eigenvalue weighted by Gasteiger charge is -2.66. The summed E-state index contributed by atoms with van der Waals surface area (Å²) in [6.07, 6.45) is 8.91. The van der Waals surface area contributed by atoms with Gasteiger partial charge in [0.1, 0.15) is 12.2 Å². The van der Waals surface area contributed by atoms with Crippen LogP contribution in [0.25, 0.3) is 0 Å². The second kappa shape index (κ2) is 7.23. The van der Waals surface area contributed by atoms with Crippen molar-refractivity contribution in [3.63, 3.8) is 0 Å². The number of hydrogen-bond acceptors (Lipinski definition) is 4.